The van der Waals surface area contributed by atoms with Crippen molar-refractivity contribution < 1.29 is 0 Å². The molecule has 1 aromatic rings. The molecule has 0 N–H and O–H groups in total. The van der Waals surface area contributed by atoms with Crippen LogP contribution in [0.4, 0.5) is 5.82 Å². The molecular weight excluding hydrogens is 279 g/mol. The zero-order valence-electron chi connectivity index (χ0n) is 11.1. The largest absolute Gasteiger partial charge is 0.353 e. The lowest BCUT2D eigenvalue weighted by molar-refractivity contribution is 0.242. The van der Waals surface area contributed by atoms with Gasteiger partial charge in [-0.3, -0.25) is 0 Å². The summed E-state index contributed by atoms with van der Waals surface area (Å²) in [6.07, 6.45) is 9.87. The second-order valence-corrected chi connectivity index (χ2v) is 6.39. The molecule has 0 aromatic carbocycles. The van der Waals surface area contributed by atoms with Gasteiger partial charge in [0.2, 0.25) is 0 Å². The van der Waals surface area contributed by atoms with E-state index in [1.54, 1.807) is 6.20 Å². The number of piperidine rings is 1. The average molecular weight is 299 g/mol. The van der Waals surface area contributed by atoms with Gasteiger partial charge < -0.3 is 4.90 Å². The number of nitrogens with zero attached hydrogens (tertiary/aromatic N) is 2. The molecule has 19 heavy (non-hydrogen) atoms. The number of rotatable bonds is 2. The van der Waals surface area contributed by atoms with Crippen LogP contribution in [0.3, 0.4) is 0 Å². The summed E-state index contributed by atoms with van der Waals surface area (Å²) in [5.41, 5.74) is 0.992. The van der Waals surface area contributed by atoms with Crippen LogP contribution >= 0.6 is 23.2 Å². The molecule has 1 aromatic heterocycles. The highest BCUT2D eigenvalue weighted by Crippen LogP contribution is 2.37. The highest BCUT2D eigenvalue weighted by Gasteiger charge is 2.33. The molecule has 0 amide bonds. The molecule has 1 aliphatic heterocycles. The lowest BCUT2D eigenvalue weighted by Crippen LogP contribution is -2.47. The van der Waals surface area contributed by atoms with Crippen molar-refractivity contribution in [3.63, 3.8) is 0 Å². The summed E-state index contributed by atoms with van der Waals surface area (Å²) in [6.45, 7) is 1.12. The average Bonchev–Trinajstić information content (AvgIpc) is 2.47. The minimum Gasteiger partial charge on any atom is -0.353 e. The van der Waals surface area contributed by atoms with E-state index in [0.29, 0.717) is 16.9 Å². The summed E-state index contributed by atoms with van der Waals surface area (Å²) in [7, 11) is 0. The molecule has 1 aliphatic carbocycles. The first-order chi connectivity index (χ1) is 9.29. The number of aromatic nitrogens is 1. The van der Waals surface area contributed by atoms with Gasteiger partial charge in [-0.05, 0) is 43.2 Å². The Balaban J connectivity index is 1.87. The predicted octanol–water partition coefficient (Wildman–Crippen LogP) is 4.63. The molecule has 2 atom stereocenters. The minimum atomic E-state index is 0.455. The maximum Gasteiger partial charge on any atom is 0.129 e. The maximum atomic E-state index is 6.11. The fourth-order valence-corrected chi connectivity index (χ4v) is 4.10. The molecule has 2 aliphatic rings. The Hall–Kier alpha value is -0.470. The van der Waals surface area contributed by atoms with Crippen molar-refractivity contribution in [1.82, 2.24) is 4.98 Å². The van der Waals surface area contributed by atoms with E-state index in [1.165, 1.54) is 38.5 Å². The summed E-state index contributed by atoms with van der Waals surface area (Å²) in [5.74, 6) is 2.38. The van der Waals surface area contributed by atoms with Gasteiger partial charge in [-0.1, -0.05) is 24.4 Å². The second kappa shape index (κ2) is 5.88. The lowest BCUT2D eigenvalue weighted by atomic mass is 9.78. The molecule has 104 valence electrons. The van der Waals surface area contributed by atoms with Gasteiger partial charge in [-0.2, -0.15) is 0 Å². The standard InChI is InChI=1S/C15H20Cl2N2/c16-9-12-8-15(18-10-13(12)17)19-7-3-5-11-4-1-2-6-14(11)19/h8,10-11,14H,1-7,9H2/t11-,14-/m1/s1. The fourth-order valence-electron chi connectivity index (χ4n) is 3.64. The summed E-state index contributed by atoms with van der Waals surface area (Å²) >= 11 is 12.1. The van der Waals surface area contributed by atoms with Crippen LogP contribution in [0.25, 0.3) is 0 Å². The van der Waals surface area contributed by atoms with Crippen LogP contribution in [0.5, 0.6) is 0 Å². The third kappa shape index (κ3) is 2.71. The lowest BCUT2D eigenvalue weighted by Gasteiger charge is -2.44. The molecule has 2 nitrogen and oxygen atoms in total. The van der Waals surface area contributed by atoms with Gasteiger partial charge in [0.15, 0.2) is 0 Å². The zero-order valence-corrected chi connectivity index (χ0v) is 12.6. The summed E-state index contributed by atoms with van der Waals surface area (Å²) < 4.78 is 0. The molecule has 0 radical (unpaired) electrons. The zero-order chi connectivity index (χ0) is 13.2. The topological polar surface area (TPSA) is 16.1 Å². The number of anilines is 1. The van der Waals surface area contributed by atoms with Crippen molar-refractivity contribution in [1.29, 1.82) is 0 Å². The van der Waals surface area contributed by atoms with E-state index in [-0.39, 0.29) is 0 Å². The summed E-state index contributed by atoms with van der Waals surface area (Å²) in [5, 5.41) is 0.677. The quantitative estimate of drug-likeness (QED) is 0.740. The molecule has 1 saturated heterocycles. The Bertz CT molecular complexity index is 448. The third-order valence-corrected chi connectivity index (χ3v) is 5.23. The van der Waals surface area contributed by atoms with Crippen molar-refractivity contribution in [2.75, 3.05) is 11.4 Å². The van der Waals surface area contributed by atoms with E-state index < -0.39 is 0 Å². The number of halogens is 2. The van der Waals surface area contributed by atoms with Gasteiger partial charge >= 0.3 is 0 Å². The highest BCUT2D eigenvalue weighted by molar-refractivity contribution is 6.32. The fraction of sp³-hybridized carbons (Fsp3) is 0.667. The predicted molar refractivity (Wildman–Crippen MR) is 81.1 cm³/mol. The number of hydrogen-bond acceptors (Lipinski definition) is 2. The normalized spacial score (nSPS) is 27.2. The van der Waals surface area contributed by atoms with Crippen LogP contribution in [-0.2, 0) is 5.88 Å². The monoisotopic (exact) mass is 298 g/mol. The number of alkyl halides is 1. The SMILES string of the molecule is ClCc1cc(N2CCC[C@H]3CCCC[C@H]32)ncc1Cl. The van der Waals surface area contributed by atoms with Gasteiger partial charge in [0.25, 0.3) is 0 Å². The molecule has 1 saturated carbocycles. The first kappa shape index (κ1) is 13.5. The first-order valence-corrected chi connectivity index (χ1v) is 8.18. The Kier molecular flexibility index (Phi) is 4.18. The van der Waals surface area contributed by atoms with Crippen molar-refractivity contribution in [2.45, 2.75) is 50.4 Å². The summed E-state index contributed by atoms with van der Waals surface area (Å²) in [6, 6.07) is 2.76. The number of fused-ring (bicyclic) bond motifs is 1. The molecule has 0 unspecified atom stereocenters. The van der Waals surface area contributed by atoms with Crippen LogP contribution < -0.4 is 4.90 Å². The van der Waals surface area contributed by atoms with Crippen LogP contribution in [0.2, 0.25) is 5.02 Å². The minimum absolute atomic E-state index is 0.455. The van der Waals surface area contributed by atoms with Crippen molar-refractivity contribution in [3.8, 4) is 0 Å². The molecular formula is C15H20Cl2N2. The van der Waals surface area contributed by atoms with E-state index in [1.807, 2.05) is 0 Å². The van der Waals surface area contributed by atoms with E-state index in [2.05, 4.69) is 16.0 Å². The van der Waals surface area contributed by atoms with Gasteiger partial charge in [0.1, 0.15) is 5.82 Å². The van der Waals surface area contributed by atoms with E-state index in [0.717, 1.165) is 23.8 Å². The van der Waals surface area contributed by atoms with Crippen molar-refractivity contribution in [2.24, 2.45) is 5.92 Å². The Labute approximate surface area is 125 Å². The molecule has 3 rings (SSSR count). The molecule has 2 heterocycles. The van der Waals surface area contributed by atoms with Crippen molar-refractivity contribution >= 4 is 29.0 Å². The maximum absolute atomic E-state index is 6.11. The smallest absolute Gasteiger partial charge is 0.129 e. The van der Waals surface area contributed by atoms with E-state index in [4.69, 9.17) is 23.2 Å². The second-order valence-electron chi connectivity index (χ2n) is 5.72. The first-order valence-electron chi connectivity index (χ1n) is 7.26. The van der Waals surface area contributed by atoms with Crippen LogP contribution in [0.15, 0.2) is 12.3 Å². The van der Waals surface area contributed by atoms with Crippen molar-refractivity contribution in [3.05, 3.63) is 22.8 Å². The Morgan fingerprint density at radius 1 is 1.21 bits per heavy atom. The van der Waals surface area contributed by atoms with Crippen LogP contribution in [0, 0.1) is 5.92 Å². The third-order valence-electron chi connectivity index (χ3n) is 4.60. The summed E-state index contributed by atoms with van der Waals surface area (Å²) in [4.78, 5) is 7.04. The molecule has 2 fully saturated rings. The van der Waals surface area contributed by atoms with Gasteiger partial charge in [0.05, 0.1) is 5.02 Å². The van der Waals surface area contributed by atoms with Gasteiger partial charge in [0, 0.05) is 24.7 Å². The van der Waals surface area contributed by atoms with Crippen LogP contribution in [-0.4, -0.2) is 17.6 Å². The van der Waals surface area contributed by atoms with Gasteiger partial charge in [-0.15, -0.1) is 11.6 Å². The number of hydrogen-bond donors (Lipinski definition) is 0. The van der Waals surface area contributed by atoms with Gasteiger partial charge in [-0.25, -0.2) is 4.98 Å². The molecule has 0 bridgehead atoms. The molecule has 4 heteroatoms. The van der Waals surface area contributed by atoms with E-state index >= 15 is 0 Å². The van der Waals surface area contributed by atoms with E-state index in [9.17, 15) is 0 Å². The molecule has 0 spiro atoms. The number of pyridine rings is 1. The Morgan fingerprint density at radius 3 is 2.84 bits per heavy atom. The Morgan fingerprint density at radius 2 is 2.00 bits per heavy atom. The highest BCUT2D eigenvalue weighted by atomic mass is 35.5. The van der Waals surface area contributed by atoms with Crippen LogP contribution in [0.1, 0.15) is 44.1 Å².